The minimum absolute atomic E-state index is 0.0123. The van der Waals surface area contributed by atoms with Crippen molar-refractivity contribution >= 4 is 17.7 Å². The van der Waals surface area contributed by atoms with E-state index in [9.17, 15) is 14.7 Å². The largest absolute Gasteiger partial charge is 0.481 e. The van der Waals surface area contributed by atoms with Crippen molar-refractivity contribution in [1.29, 1.82) is 0 Å². The standard InChI is InChI=1S/C12H19N3O3S/c1-3-15-11(18)13-14-12(15)19-9-6-7(2)4-5-8(9)10(16)17/h7-9H,3-6H2,1-2H3,(H,13,18)(H,16,17). The molecular formula is C12H19N3O3S. The van der Waals surface area contributed by atoms with Gasteiger partial charge in [0.1, 0.15) is 0 Å². The van der Waals surface area contributed by atoms with Crippen molar-refractivity contribution in [3.63, 3.8) is 0 Å². The molecule has 1 aliphatic rings. The van der Waals surface area contributed by atoms with Gasteiger partial charge in [-0.05, 0) is 32.1 Å². The minimum atomic E-state index is -0.745. The fourth-order valence-electron chi connectivity index (χ4n) is 2.55. The van der Waals surface area contributed by atoms with Crippen LogP contribution in [0.25, 0.3) is 0 Å². The second-order valence-corrected chi connectivity index (χ2v) is 6.28. The van der Waals surface area contributed by atoms with Crippen molar-refractivity contribution in [2.45, 2.75) is 50.1 Å². The van der Waals surface area contributed by atoms with E-state index in [1.807, 2.05) is 6.92 Å². The zero-order valence-corrected chi connectivity index (χ0v) is 11.9. The van der Waals surface area contributed by atoms with Gasteiger partial charge in [0.15, 0.2) is 5.16 Å². The number of nitrogens with one attached hydrogen (secondary N) is 1. The van der Waals surface area contributed by atoms with Gasteiger partial charge in [0.2, 0.25) is 0 Å². The molecule has 0 spiro atoms. The molecule has 0 aromatic carbocycles. The number of hydrogen-bond donors (Lipinski definition) is 2. The normalized spacial score (nSPS) is 27.4. The van der Waals surface area contributed by atoms with Crippen LogP contribution in [0.5, 0.6) is 0 Å². The number of carboxylic acid groups (broad SMARTS) is 1. The number of aromatic nitrogens is 3. The molecule has 3 atom stereocenters. The van der Waals surface area contributed by atoms with Crippen LogP contribution in [0.4, 0.5) is 0 Å². The van der Waals surface area contributed by atoms with E-state index in [1.165, 1.54) is 11.8 Å². The molecule has 0 aliphatic heterocycles. The van der Waals surface area contributed by atoms with Crippen LogP contribution in [-0.2, 0) is 11.3 Å². The third-order valence-corrected chi connectivity index (χ3v) is 5.01. The average Bonchev–Trinajstić information content (AvgIpc) is 2.69. The van der Waals surface area contributed by atoms with Crippen LogP contribution in [0, 0.1) is 11.8 Å². The highest BCUT2D eigenvalue weighted by Crippen LogP contribution is 2.39. The Morgan fingerprint density at radius 2 is 2.32 bits per heavy atom. The molecule has 19 heavy (non-hydrogen) atoms. The van der Waals surface area contributed by atoms with E-state index >= 15 is 0 Å². The molecule has 3 unspecified atom stereocenters. The lowest BCUT2D eigenvalue weighted by Crippen LogP contribution is -2.32. The predicted octanol–water partition coefficient (Wildman–Crippen LogP) is 1.57. The summed E-state index contributed by atoms with van der Waals surface area (Å²) in [6.07, 6.45) is 2.51. The van der Waals surface area contributed by atoms with Crippen molar-refractivity contribution in [3.8, 4) is 0 Å². The highest BCUT2D eigenvalue weighted by Gasteiger charge is 2.35. The molecule has 0 radical (unpaired) electrons. The predicted molar refractivity (Wildman–Crippen MR) is 72.3 cm³/mol. The highest BCUT2D eigenvalue weighted by molar-refractivity contribution is 7.99. The molecule has 1 aromatic heterocycles. The first kappa shape index (κ1) is 14.2. The van der Waals surface area contributed by atoms with Gasteiger partial charge in [0, 0.05) is 11.8 Å². The van der Waals surface area contributed by atoms with Gasteiger partial charge in [-0.2, -0.15) is 0 Å². The Labute approximate surface area is 115 Å². The molecule has 1 fully saturated rings. The summed E-state index contributed by atoms with van der Waals surface area (Å²) in [4.78, 5) is 22.8. The second kappa shape index (κ2) is 5.81. The number of thioether (sulfide) groups is 1. The molecule has 2 N–H and O–H groups in total. The summed E-state index contributed by atoms with van der Waals surface area (Å²) in [5.41, 5.74) is -0.235. The van der Waals surface area contributed by atoms with Crippen LogP contribution >= 0.6 is 11.8 Å². The van der Waals surface area contributed by atoms with Crippen molar-refractivity contribution in [2.75, 3.05) is 0 Å². The maximum absolute atomic E-state index is 11.5. The number of carbonyl (C=O) groups is 1. The van der Waals surface area contributed by atoms with E-state index in [4.69, 9.17) is 0 Å². The molecular weight excluding hydrogens is 266 g/mol. The molecule has 0 saturated heterocycles. The first-order valence-electron chi connectivity index (χ1n) is 6.57. The third kappa shape index (κ3) is 3.02. The van der Waals surface area contributed by atoms with Crippen LogP contribution in [-0.4, -0.2) is 31.1 Å². The van der Waals surface area contributed by atoms with Gasteiger partial charge in [-0.25, -0.2) is 9.89 Å². The zero-order valence-electron chi connectivity index (χ0n) is 11.1. The smallest absolute Gasteiger partial charge is 0.343 e. The molecule has 106 valence electrons. The number of aromatic amines is 1. The van der Waals surface area contributed by atoms with E-state index in [1.54, 1.807) is 4.57 Å². The summed E-state index contributed by atoms with van der Waals surface area (Å²) in [5.74, 6) is -0.572. The summed E-state index contributed by atoms with van der Waals surface area (Å²) in [5, 5.41) is 16.3. The lowest BCUT2D eigenvalue weighted by Gasteiger charge is -2.31. The van der Waals surface area contributed by atoms with Gasteiger partial charge in [-0.15, -0.1) is 5.10 Å². The van der Waals surface area contributed by atoms with Gasteiger partial charge in [0.25, 0.3) is 0 Å². The van der Waals surface area contributed by atoms with Crippen molar-refractivity contribution in [3.05, 3.63) is 10.5 Å². The summed E-state index contributed by atoms with van der Waals surface area (Å²) < 4.78 is 1.54. The molecule has 1 saturated carbocycles. The van der Waals surface area contributed by atoms with Crippen LogP contribution in [0.15, 0.2) is 9.95 Å². The maximum Gasteiger partial charge on any atom is 0.343 e. The van der Waals surface area contributed by atoms with Gasteiger partial charge in [-0.1, -0.05) is 18.7 Å². The Morgan fingerprint density at radius 3 is 2.95 bits per heavy atom. The number of carboxylic acids is 1. The number of H-pyrrole nitrogens is 1. The molecule has 6 nitrogen and oxygen atoms in total. The molecule has 1 aromatic rings. The Balaban J connectivity index is 2.18. The molecule has 0 bridgehead atoms. The van der Waals surface area contributed by atoms with Crippen molar-refractivity contribution in [1.82, 2.24) is 14.8 Å². The maximum atomic E-state index is 11.5. The monoisotopic (exact) mass is 285 g/mol. The van der Waals surface area contributed by atoms with E-state index in [0.29, 0.717) is 24.0 Å². The Kier molecular flexibility index (Phi) is 4.34. The van der Waals surface area contributed by atoms with Crippen LogP contribution in [0.1, 0.15) is 33.1 Å². The summed E-state index contributed by atoms with van der Waals surface area (Å²) in [6.45, 7) is 4.56. The van der Waals surface area contributed by atoms with Gasteiger partial charge in [0.05, 0.1) is 5.92 Å². The highest BCUT2D eigenvalue weighted by atomic mass is 32.2. The summed E-state index contributed by atoms with van der Waals surface area (Å²) in [6, 6.07) is 0. The molecule has 0 amide bonds. The number of nitrogens with zero attached hydrogens (tertiary/aromatic N) is 2. The third-order valence-electron chi connectivity index (χ3n) is 3.67. The topological polar surface area (TPSA) is 88.0 Å². The zero-order chi connectivity index (χ0) is 14.0. The Bertz CT molecular complexity index is 511. The van der Waals surface area contributed by atoms with Crippen LogP contribution in [0.2, 0.25) is 0 Å². The van der Waals surface area contributed by atoms with E-state index < -0.39 is 5.97 Å². The Morgan fingerprint density at radius 1 is 1.58 bits per heavy atom. The van der Waals surface area contributed by atoms with Gasteiger partial charge < -0.3 is 5.11 Å². The number of aliphatic carboxylic acids is 1. The van der Waals surface area contributed by atoms with Crippen LogP contribution < -0.4 is 5.69 Å². The van der Waals surface area contributed by atoms with Gasteiger partial charge >= 0.3 is 11.7 Å². The van der Waals surface area contributed by atoms with E-state index in [2.05, 4.69) is 17.1 Å². The fraction of sp³-hybridized carbons (Fsp3) is 0.750. The lowest BCUT2D eigenvalue weighted by atomic mass is 9.82. The minimum Gasteiger partial charge on any atom is -0.481 e. The number of rotatable bonds is 4. The van der Waals surface area contributed by atoms with E-state index in [-0.39, 0.29) is 16.9 Å². The van der Waals surface area contributed by atoms with Crippen molar-refractivity contribution in [2.24, 2.45) is 11.8 Å². The Hall–Kier alpha value is -1.24. The first-order chi connectivity index (χ1) is 9.02. The molecule has 2 rings (SSSR count). The van der Waals surface area contributed by atoms with Crippen LogP contribution in [0.3, 0.4) is 0 Å². The SMILES string of the molecule is CCn1c(SC2CC(C)CCC2C(=O)O)n[nH]c1=O. The first-order valence-corrected chi connectivity index (χ1v) is 7.45. The van der Waals surface area contributed by atoms with Gasteiger partial charge in [-0.3, -0.25) is 9.36 Å². The fourth-order valence-corrected chi connectivity index (χ4v) is 4.10. The second-order valence-electron chi connectivity index (χ2n) is 5.07. The lowest BCUT2D eigenvalue weighted by molar-refractivity contribution is -0.142. The quantitative estimate of drug-likeness (QED) is 0.876. The number of hydrogen-bond acceptors (Lipinski definition) is 4. The summed E-state index contributed by atoms with van der Waals surface area (Å²) >= 11 is 1.42. The molecule has 1 aliphatic carbocycles. The summed E-state index contributed by atoms with van der Waals surface area (Å²) in [7, 11) is 0. The molecule has 7 heteroatoms. The molecule has 1 heterocycles. The average molecular weight is 285 g/mol. The van der Waals surface area contributed by atoms with E-state index in [0.717, 1.165) is 12.8 Å². The van der Waals surface area contributed by atoms with Crippen molar-refractivity contribution < 1.29 is 9.90 Å².